The van der Waals surface area contributed by atoms with Crippen LogP contribution in [0.15, 0.2) is 41.1 Å². The number of thiophene rings is 1. The quantitative estimate of drug-likeness (QED) is 0.855. The van der Waals surface area contributed by atoms with Crippen molar-refractivity contribution < 1.29 is 9.90 Å². The van der Waals surface area contributed by atoms with Crippen LogP contribution < -0.4 is 5.32 Å². The SMILES string of the molecule is CC(Cc1ccc(Cl)cc1)C(=O)NCC(O)c1ccsc1. The lowest BCUT2D eigenvalue weighted by molar-refractivity contribution is -0.124. The lowest BCUT2D eigenvalue weighted by atomic mass is 10.0. The molecule has 1 aromatic carbocycles. The van der Waals surface area contributed by atoms with Crippen LogP contribution in [-0.2, 0) is 11.2 Å². The number of carbonyl (C=O) groups excluding carboxylic acids is 1. The Balaban J connectivity index is 1.81. The van der Waals surface area contributed by atoms with Gasteiger partial charge in [-0.15, -0.1) is 0 Å². The molecule has 3 nitrogen and oxygen atoms in total. The van der Waals surface area contributed by atoms with Gasteiger partial charge in [0.15, 0.2) is 0 Å². The van der Waals surface area contributed by atoms with Crippen molar-refractivity contribution in [3.63, 3.8) is 0 Å². The standard InChI is InChI=1S/C16H18ClNO2S/c1-11(8-12-2-4-14(17)5-3-12)16(20)18-9-15(19)13-6-7-21-10-13/h2-7,10-11,15,19H,8-9H2,1H3,(H,18,20). The highest BCUT2D eigenvalue weighted by Gasteiger charge is 2.15. The molecule has 112 valence electrons. The van der Waals surface area contributed by atoms with Crippen LogP contribution in [0.5, 0.6) is 0 Å². The molecule has 0 aliphatic heterocycles. The van der Waals surface area contributed by atoms with Gasteiger partial charge in [0.1, 0.15) is 0 Å². The highest BCUT2D eigenvalue weighted by molar-refractivity contribution is 7.07. The summed E-state index contributed by atoms with van der Waals surface area (Å²) in [7, 11) is 0. The van der Waals surface area contributed by atoms with E-state index in [1.54, 1.807) is 0 Å². The summed E-state index contributed by atoms with van der Waals surface area (Å²) in [5.41, 5.74) is 1.91. The van der Waals surface area contributed by atoms with Crippen LogP contribution in [0.2, 0.25) is 5.02 Å². The molecule has 21 heavy (non-hydrogen) atoms. The monoisotopic (exact) mass is 323 g/mol. The fourth-order valence-electron chi connectivity index (χ4n) is 2.02. The second kappa shape index (κ2) is 7.59. The van der Waals surface area contributed by atoms with E-state index < -0.39 is 6.10 Å². The number of benzene rings is 1. The van der Waals surface area contributed by atoms with Crippen molar-refractivity contribution in [1.29, 1.82) is 0 Å². The van der Waals surface area contributed by atoms with Crippen molar-refractivity contribution in [3.8, 4) is 0 Å². The van der Waals surface area contributed by atoms with Crippen LogP contribution in [0.1, 0.15) is 24.2 Å². The average molecular weight is 324 g/mol. The van der Waals surface area contributed by atoms with Crippen molar-refractivity contribution in [2.75, 3.05) is 6.54 Å². The molecule has 1 heterocycles. The first-order valence-electron chi connectivity index (χ1n) is 6.78. The maximum absolute atomic E-state index is 12.0. The first-order valence-corrected chi connectivity index (χ1v) is 8.10. The fourth-order valence-corrected chi connectivity index (χ4v) is 2.85. The molecule has 2 unspecified atom stereocenters. The second-order valence-electron chi connectivity index (χ2n) is 5.05. The zero-order chi connectivity index (χ0) is 15.2. The van der Waals surface area contributed by atoms with Gasteiger partial charge in [0.05, 0.1) is 6.10 Å². The number of aliphatic hydroxyl groups excluding tert-OH is 1. The number of halogens is 1. The summed E-state index contributed by atoms with van der Waals surface area (Å²) < 4.78 is 0. The summed E-state index contributed by atoms with van der Waals surface area (Å²) in [6, 6.07) is 9.35. The van der Waals surface area contributed by atoms with Crippen LogP contribution in [0.25, 0.3) is 0 Å². The molecule has 2 atom stereocenters. The third-order valence-electron chi connectivity index (χ3n) is 3.30. The van der Waals surface area contributed by atoms with E-state index in [1.807, 2.05) is 48.0 Å². The molecule has 0 saturated heterocycles. The van der Waals surface area contributed by atoms with Gasteiger partial charge < -0.3 is 10.4 Å². The number of hydrogen-bond donors (Lipinski definition) is 2. The largest absolute Gasteiger partial charge is 0.387 e. The number of amides is 1. The lowest BCUT2D eigenvalue weighted by Crippen LogP contribution is -2.33. The topological polar surface area (TPSA) is 49.3 Å². The third kappa shape index (κ3) is 4.84. The first-order chi connectivity index (χ1) is 10.1. The van der Waals surface area contributed by atoms with Crippen LogP contribution >= 0.6 is 22.9 Å². The van der Waals surface area contributed by atoms with E-state index in [0.717, 1.165) is 11.1 Å². The summed E-state index contributed by atoms with van der Waals surface area (Å²) in [5.74, 6) is -0.208. The molecule has 0 saturated carbocycles. The van der Waals surface area contributed by atoms with E-state index in [4.69, 9.17) is 11.6 Å². The molecular formula is C16H18ClNO2S. The van der Waals surface area contributed by atoms with Crippen molar-refractivity contribution in [1.82, 2.24) is 5.32 Å². The number of rotatable bonds is 6. The zero-order valence-electron chi connectivity index (χ0n) is 11.8. The molecular weight excluding hydrogens is 306 g/mol. The number of nitrogens with one attached hydrogen (secondary N) is 1. The first kappa shape index (κ1) is 16.0. The van der Waals surface area contributed by atoms with Crippen LogP contribution in [0.4, 0.5) is 0 Å². The van der Waals surface area contributed by atoms with Gasteiger partial charge in [-0.1, -0.05) is 30.7 Å². The van der Waals surface area contributed by atoms with E-state index in [-0.39, 0.29) is 18.4 Å². The highest BCUT2D eigenvalue weighted by atomic mass is 35.5. The number of carbonyl (C=O) groups is 1. The van der Waals surface area contributed by atoms with Crippen molar-refractivity contribution >= 4 is 28.8 Å². The average Bonchev–Trinajstić information content (AvgIpc) is 3.01. The van der Waals surface area contributed by atoms with Crippen LogP contribution in [0, 0.1) is 5.92 Å². The molecule has 0 radical (unpaired) electrons. The minimum Gasteiger partial charge on any atom is -0.387 e. The van der Waals surface area contributed by atoms with Gasteiger partial charge in [-0.3, -0.25) is 4.79 Å². The van der Waals surface area contributed by atoms with Crippen molar-refractivity contribution in [3.05, 3.63) is 57.2 Å². The Morgan fingerprint density at radius 1 is 1.33 bits per heavy atom. The summed E-state index contributed by atoms with van der Waals surface area (Å²) in [4.78, 5) is 12.0. The van der Waals surface area contributed by atoms with Gasteiger partial charge in [-0.25, -0.2) is 0 Å². The molecule has 0 bridgehead atoms. The van der Waals surface area contributed by atoms with Gasteiger partial charge in [0.25, 0.3) is 0 Å². The lowest BCUT2D eigenvalue weighted by Gasteiger charge is -2.15. The summed E-state index contributed by atoms with van der Waals surface area (Å²) >= 11 is 7.37. The smallest absolute Gasteiger partial charge is 0.223 e. The van der Waals surface area contributed by atoms with E-state index in [9.17, 15) is 9.90 Å². The maximum Gasteiger partial charge on any atom is 0.223 e. The minimum absolute atomic E-state index is 0.0563. The third-order valence-corrected chi connectivity index (χ3v) is 4.25. The summed E-state index contributed by atoms with van der Waals surface area (Å²) in [5, 5.41) is 17.2. The van der Waals surface area contributed by atoms with Crippen molar-refractivity contribution in [2.45, 2.75) is 19.4 Å². The number of hydrogen-bond acceptors (Lipinski definition) is 3. The van der Waals surface area contributed by atoms with Gasteiger partial charge >= 0.3 is 0 Å². The molecule has 1 amide bonds. The highest BCUT2D eigenvalue weighted by Crippen LogP contribution is 2.16. The zero-order valence-corrected chi connectivity index (χ0v) is 13.3. The molecule has 0 aliphatic rings. The Morgan fingerprint density at radius 2 is 2.05 bits per heavy atom. The molecule has 2 rings (SSSR count). The van der Waals surface area contributed by atoms with Gasteiger partial charge in [-0.2, -0.15) is 11.3 Å². The molecule has 2 N–H and O–H groups in total. The van der Waals surface area contributed by atoms with Crippen LogP contribution in [-0.4, -0.2) is 17.6 Å². The predicted molar refractivity (Wildman–Crippen MR) is 86.6 cm³/mol. The summed E-state index contributed by atoms with van der Waals surface area (Å²) in [6.45, 7) is 2.11. The van der Waals surface area contributed by atoms with Crippen LogP contribution in [0.3, 0.4) is 0 Å². The van der Waals surface area contributed by atoms with Gasteiger partial charge in [-0.05, 0) is 46.5 Å². The maximum atomic E-state index is 12.0. The van der Waals surface area contributed by atoms with E-state index in [1.165, 1.54) is 11.3 Å². The van der Waals surface area contributed by atoms with E-state index in [2.05, 4.69) is 5.32 Å². The Hall–Kier alpha value is -1.36. The Kier molecular flexibility index (Phi) is 5.79. The van der Waals surface area contributed by atoms with Crippen molar-refractivity contribution in [2.24, 2.45) is 5.92 Å². The molecule has 5 heteroatoms. The Labute approximate surface area is 133 Å². The molecule has 0 fully saturated rings. The molecule has 0 aliphatic carbocycles. The van der Waals surface area contributed by atoms with Gasteiger partial charge in [0.2, 0.25) is 5.91 Å². The minimum atomic E-state index is -0.650. The van der Waals surface area contributed by atoms with E-state index >= 15 is 0 Å². The Morgan fingerprint density at radius 3 is 2.67 bits per heavy atom. The Bertz CT molecular complexity index is 568. The second-order valence-corrected chi connectivity index (χ2v) is 6.27. The fraction of sp³-hybridized carbons (Fsp3) is 0.312. The molecule has 0 spiro atoms. The summed E-state index contributed by atoms with van der Waals surface area (Å²) in [6.07, 6.45) is 0.000283. The van der Waals surface area contributed by atoms with Gasteiger partial charge in [0, 0.05) is 17.5 Å². The normalized spacial score (nSPS) is 13.7. The van der Waals surface area contributed by atoms with E-state index in [0.29, 0.717) is 11.4 Å². The molecule has 2 aromatic rings. The number of aliphatic hydroxyl groups is 1. The predicted octanol–water partition coefficient (Wildman–Crippen LogP) is 3.43. The molecule has 1 aromatic heterocycles.